The van der Waals surface area contributed by atoms with Crippen molar-refractivity contribution in [3.05, 3.63) is 119 Å². The van der Waals surface area contributed by atoms with Gasteiger partial charge in [0, 0.05) is 17.2 Å². The number of nitrogens with zero attached hydrogens (tertiary/aromatic N) is 2. The van der Waals surface area contributed by atoms with Gasteiger partial charge in [0.15, 0.2) is 11.9 Å². The van der Waals surface area contributed by atoms with Crippen molar-refractivity contribution >= 4 is 11.7 Å². The highest BCUT2D eigenvalue weighted by Crippen LogP contribution is 2.30. The number of esters is 1. The summed E-state index contributed by atoms with van der Waals surface area (Å²) in [5.41, 5.74) is 7.97. The van der Waals surface area contributed by atoms with Gasteiger partial charge in [-0.15, -0.1) is 0 Å². The van der Waals surface area contributed by atoms with Crippen LogP contribution in [0.4, 0.5) is 0 Å². The molecule has 0 radical (unpaired) electrons. The van der Waals surface area contributed by atoms with Crippen LogP contribution in [0.3, 0.4) is 0 Å². The first kappa shape index (κ1) is 34.2. The predicted octanol–water partition coefficient (Wildman–Crippen LogP) is 8.18. The van der Waals surface area contributed by atoms with Gasteiger partial charge in [-0.25, -0.2) is 0 Å². The number of ether oxygens (including phenoxy) is 3. The molecular weight excluding hydrogens is 604 g/mol. The van der Waals surface area contributed by atoms with Crippen molar-refractivity contribution in [1.82, 2.24) is 5.16 Å². The molecule has 1 aliphatic heterocycles. The zero-order valence-electron chi connectivity index (χ0n) is 28.4. The summed E-state index contributed by atoms with van der Waals surface area (Å²) in [6.07, 6.45) is 2.37. The second kappa shape index (κ2) is 16.1. The monoisotopic (exact) mass is 646 g/mol. The highest BCUT2D eigenvalue weighted by atomic mass is 16.6. The molecule has 1 aromatic heterocycles. The lowest BCUT2D eigenvalue weighted by Gasteiger charge is -2.30. The Labute approximate surface area is 282 Å². The van der Waals surface area contributed by atoms with Crippen LogP contribution in [0.5, 0.6) is 5.75 Å². The van der Waals surface area contributed by atoms with Crippen molar-refractivity contribution in [3.63, 3.8) is 0 Å². The van der Waals surface area contributed by atoms with E-state index >= 15 is 0 Å². The van der Waals surface area contributed by atoms with Crippen LogP contribution in [0.2, 0.25) is 0 Å². The van der Waals surface area contributed by atoms with Crippen molar-refractivity contribution in [2.75, 3.05) is 6.61 Å². The molecule has 4 atom stereocenters. The quantitative estimate of drug-likeness (QED) is 0.0534. The lowest BCUT2D eigenvalue weighted by Crippen LogP contribution is -2.42. The highest BCUT2D eigenvalue weighted by molar-refractivity contribution is 5.85. The molecule has 0 spiro atoms. The molecular formula is C40H42N2O6. The van der Waals surface area contributed by atoms with E-state index in [4.69, 9.17) is 23.6 Å². The summed E-state index contributed by atoms with van der Waals surface area (Å²) in [6, 6.07) is 23.6. The van der Waals surface area contributed by atoms with Gasteiger partial charge in [-0.2, -0.15) is 0 Å². The molecule has 5 rings (SSSR count). The summed E-state index contributed by atoms with van der Waals surface area (Å²) >= 11 is 0. The zero-order chi connectivity index (χ0) is 34.0. The van der Waals surface area contributed by atoms with Crippen LogP contribution in [0.1, 0.15) is 66.4 Å². The molecule has 3 aromatic carbocycles. The van der Waals surface area contributed by atoms with E-state index in [1.165, 1.54) is 5.56 Å². The minimum Gasteiger partial charge on any atom is -0.483 e. The number of carbonyl (C=O) groups excluding carboxylic acids is 1. The molecule has 0 unspecified atom stereocenters. The van der Waals surface area contributed by atoms with Gasteiger partial charge in [-0.05, 0) is 95.5 Å². The average molecular weight is 647 g/mol. The van der Waals surface area contributed by atoms with E-state index in [-0.39, 0.29) is 19.0 Å². The Morgan fingerprint density at radius 1 is 0.938 bits per heavy atom. The van der Waals surface area contributed by atoms with Crippen LogP contribution in [-0.4, -0.2) is 41.8 Å². The second-order valence-corrected chi connectivity index (χ2v) is 12.2. The van der Waals surface area contributed by atoms with Gasteiger partial charge >= 0.3 is 5.97 Å². The van der Waals surface area contributed by atoms with Crippen LogP contribution < -0.4 is 4.74 Å². The maximum atomic E-state index is 12.8. The lowest BCUT2D eigenvalue weighted by molar-refractivity contribution is -0.151. The van der Waals surface area contributed by atoms with Gasteiger partial charge in [-0.1, -0.05) is 75.7 Å². The third-order valence-electron chi connectivity index (χ3n) is 7.92. The summed E-state index contributed by atoms with van der Waals surface area (Å²) in [6.45, 7) is 11.9. The first-order valence-electron chi connectivity index (χ1n) is 16.2. The first-order chi connectivity index (χ1) is 23.1. The topological polar surface area (TPSA) is 92.4 Å². The van der Waals surface area contributed by atoms with Crippen LogP contribution in [-0.2, 0) is 19.1 Å². The average Bonchev–Trinajstić information content (AvgIpc) is 3.56. The summed E-state index contributed by atoms with van der Waals surface area (Å²) in [5, 5.41) is 8.49. The molecule has 8 heteroatoms. The Morgan fingerprint density at radius 2 is 1.67 bits per heavy atom. The number of hydrogen-bond acceptors (Lipinski definition) is 8. The first-order valence-corrected chi connectivity index (χ1v) is 16.2. The molecule has 0 aliphatic carbocycles. The predicted molar refractivity (Wildman–Crippen MR) is 186 cm³/mol. The molecule has 8 nitrogen and oxygen atoms in total. The number of rotatable bonds is 11. The maximum absolute atomic E-state index is 12.8. The minimum absolute atomic E-state index is 0.0146. The number of benzene rings is 3. The molecule has 248 valence electrons. The molecule has 0 saturated heterocycles. The normalized spacial score (nSPS) is 18.0. The molecule has 0 bridgehead atoms. The summed E-state index contributed by atoms with van der Waals surface area (Å²) in [4.78, 5) is 18.5. The number of oxime groups is 1. The van der Waals surface area contributed by atoms with Crippen LogP contribution >= 0.6 is 0 Å². The Bertz CT molecular complexity index is 1790. The number of carbonyl (C=O) groups is 1. The number of aryl methyl sites for hydroxylation is 4. The standard InChI is InChI=1S/C40H42N2O6/c1-26-12-16-33(17-13-26)45-36-20-19-34(18-15-32-10-8-7-9-11-32)46-38(36)25-44-39(43)21-14-30(5)41-47-31(6)37-24-35(42-48-37)40-28(3)22-27(2)23-29(40)4/h7-13,16-17,19-20,22-24,31,34,36,38H,14,21,25H2,1-6H3/t31-,34+,36-,38+/m0/s1. The van der Waals surface area contributed by atoms with Gasteiger partial charge in [0.25, 0.3) is 0 Å². The van der Waals surface area contributed by atoms with Crippen LogP contribution in [0.25, 0.3) is 11.3 Å². The van der Waals surface area contributed by atoms with Gasteiger partial charge in [0.2, 0.25) is 0 Å². The fraction of sp³-hybridized carbons (Fsp3) is 0.325. The van der Waals surface area contributed by atoms with E-state index < -0.39 is 24.4 Å². The van der Waals surface area contributed by atoms with Crippen molar-refractivity contribution < 1.29 is 28.4 Å². The van der Waals surface area contributed by atoms with Crippen molar-refractivity contribution in [2.24, 2.45) is 5.16 Å². The Balaban J connectivity index is 1.14. The van der Waals surface area contributed by atoms with Gasteiger partial charge in [0.05, 0.1) is 12.1 Å². The molecule has 0 saturated carbocycles. The number of hydrogen-bond donors (Lipinski definition) is 0. The SMILES string of the molecule is CC(CCC(=O)OC[C@H]1O[C@H](C#Cc2ccccc2)C=C[C@@H]1Oc1ccc(C)cc1)=NO[C@@H](C)c1cc(-c2c(C)cc(C)cc2C)no1. The van der Waals surface area contributed by atoms with Crippen LogP contribution in [0.15, 0.2) is 94.6 Å². The van der Waals surface area contributed by atoms with E-state index in [1.807, 2.05) is 86.7 Å². The molecule has 0 fully saturated rings. The minimum atomic E-state index is -0.548. The third kappa shape index (κ3) is 9.46. The molecule has 48 heavy (non-hydrogen) atoms. The van der Waals surface area contributed by atoms with Crippen molar-refractivity contribution in [1.29, 1.82) is 0 Å². The third-order valence-corrected chi connectivity index (χ3v) is 7.92. The van der Waals surface area contributed by atoms with E-state index in [1.54, 1.807) is 6.92 Å². The zero-order valence-corrected chi connectivity index (χ0v) is 28.4. The smallest absolute Gasteiger partial charge is 0.306 e. The highest BCUT2D eigenvalue weighted by Gasteiger charge is 2.30. The summed E-state index contributed by atoms with van der Waals surface area (Å²) in [7, 11) is 0. The Kier molecular flexibility index (Phi) is 11.5. The van der Waals surface area contributed by atoms with E-state index in [9.17, 15) is 4.79 Å². The van der Waals surface area contributed by atoms with E-state index in [0.717, 1.165) is 33.5 Å². The van der Waals surface area contributed by atoms with Gasteiger partial charge in [0.1, 0.15) is 36.4 Å². The fourth-order valence-electron chi connectivity index (χ4n) is 5.41. The molecule has 4 aromatic rings. The molecule has 0 N–H and O–H groups in total. The lowest BCUT2D eigenvalue weighted by atomic mass is 9.97. The maximum Gasteiger partial charge on any atom is 0.306 e. The molecule has 0 amide bonds. The van der Waals surface area contributed by atoms with Crippen molar-refractivity contribution in [3.8, 4) is 28.8 Å². The number of aromatic nitrogens is 1. The second-order valence-electron chi connectivity index (χ2n) is 12.2. The largest absolute Gasteiger partial charge is 0.483 e. The summed E-state index contributed by atoms with van der Waals surface area (Å²) in [5.74, 6) is 7.17. The van der Waals surface area contributed by atoms with Crippen molar-refractivity contribution in [2.45, 2.75) is 78.8 Å². The fourth-order valence-corrected chi connectivity index (χ4v) is 5.41. The summed E-state index contributed by atoms with van der Waals surface area (Å²) < 4.78 is 23.7. The van der Waals surface area contributed by atoms with E-state index in [2.05, 4.69) is 55.1 Å². The van der Waals surface area contributed by atoms with Crippen LogP contribution in [0, 0.1) is 39.5 Å². The van der Waals surface area contributed by atoms with Gasteiger partial charge in [-0.3, -0.25) is 4.79 Å². The molecule has 2 heterocycles. The molecule has 1 aliphatic rings. The van der Waals surface area contributed by atoms with Gasteiger partial charge < -0.3 is 23.6 Å². The van der Waals surface area contributed by atoms with E-state index in [0.29, 0.717) is 23.6 Å². The Hall–Kier alpha value is -5.13. The Morgan fingerprint density at radius 3 is 2.40 bits per heavy atom.